The molecular formula is C11H20N2O. The van der Waals surface area contributed by atoms with E-state index in [1.54, 1.807) is 0 Å². The summed E-state index contributed by atoms with van der Waals surface area (Å²) < 4.78 is 0. The van der Waals surface area contributed by atoms with Gasteiger partial charge in [0.05, 0.1) is 5.41 Å². The van der Waals surface area contributed by atoms with Crippen molar-refractivity contribution in [3.05, 3.63) is 0 Å². The lowest BCUT2D eigenvalue weighted by Crippen LogP contribution is -2.60. The van der Waals surface area contributed by atoms with Crippen LogP contribution in [0.4, 0.5) is 0 Å². The molecule has 80 valence electrons. The summed E-state index contributed by atoms with van der Waals surface area (Å²) in [4.78, 5) is 11.7. The molecular weight excluding hydrogens is 176 g/mol. The Morgan fingerprint density at radius 2 is 2.14 bits per heavy atom. The summed E-state index contributed by atoms with van der Waals surface area (Å²) in [6.45, 7) is 6.86. The highest BCUT2D eigenvalue weighted by molar-refractivity contribution is 5.83. The predicted octanol–water partition coefficient (Wildman–Crippen LogP) is 0.758. The van der Waals surface area contributed by atoms with Gasteiger partial charge in [0.2, 0.25) is 5.91 Å². The first-order valence-electron chi connectivity index (χ1n) is 5.59. The van der Waals surface area contributed by atoms with Crippen LogP contribution in [0.1, 0.15) is 26.7 Å². The maximum absolute atomic E-state index is 11.7. The highest BCUT2D eigenvalue weighted by Crippen LogP contribution is 2.32. The number of carbonyl (C=O) groups is 1. The molecule has 2 aliphatic rings. The number of amides is 1. The third-order valence-electron chi connectivity index (χ3n) is 3.60. The zero-order valence-corrected chi connectivity index (χ0v) is 9.10. The van der Waals surface area contributed by atoms with Gasteiger partial charge in [0.1, 0.15) is 0 Å². The Bertz CT molecular complexity index is 229. The second kappa shape index (κ2) is 3.54. The average Bonchev–Trinajstić information content (AvgIpc) is 2.06. The van der Waals surface area contributed by atoms with Crippen LogP contribution in [-0.2, 0) is 4.79 Å². The minimum absolute atomic E-state index is 0.130. The van der Waals surface area contributed by atoms with E-state index in [9.17, 15) is 4.79 Å². The molecule has 0 unspecified atom stereocenters. The first-order chi connectivity index (χ1) is 6.60. The van der Waals surface area contributed by atoms with E-state index in [4.69, 9.17) is 0 Å². The van der Waals surface area contributed by atoms with Crippen molar-refractivity contribution in [1.29, 1.82) is 0 Å². The standard InChI is InChI=1S/C11H20N2O/c1-8-3-9(4-8)5-13-10(14)11(2)6-12-7-11/h8-9,12H,3-7H2,1-2H3,(H,13,14). The second-order valence-electron chi connectivity index (χ2n) is 5.32. The van der Waals surface area contributed by atoms with Gasteiger partial charge in [-0.2, -0.15) is 0 Å². The molecule has 1 aliphatic carbocycles. The molecule has 2 fully saturated rings. The van der Waals surface area contributed by atoms with Crippen molar-refractivity contribution in [2.75, 3.05) is 19.6 Å². The van der Waals surface area contributed by atoms with Crippen molar-refractivity contribution >= 4 is 5.91 Å². The van der Waals surface area contributed by atoms with Gasteiger partial charge in [-0.1, -0.05) is 6.92 Å². The Kier molecular flexibility index (Phi) is 2.52. The van der Waals surface area contributed by atoms with E-state index < -0.39 is 0 Å². The number of hydrogen-bond acceptors (Lipinski definition) is 2. The molecule has 2 N–H and O–H groups in total. The summed E-state index contributed by atoms with van der Waals surface area (Å²) in [5.41, 5.74) is -0.130. The van der Waals surface area contributed by atoms with E-state index in [1.165, 1.54) is 12.8 Å². The fraction of sp³-hybridized carbons (Fsp3) is 0.909. The summed E-state index contributed by atoms with van der Waals surface area (Å²) in [6.07, 6.45) is 2.57. The molecule has 1 saturated heterocycles. The number of hydrogen-bond donors (Lipinski definition) is 2. The van der Waals surface area contributed by atoms with Gasteiger partial charge in [-0.15, -0.1) is 0 Å². The molecule has 3 heteroatoms. The lowest BCUT2D eigenvalue weighted by molar-refractivity contribution is -0.133. The van der Waals surface area contributed by atoms with E-state index in [2.05, 4.69) is 17.6 Å². The molecule has 14 heavy (non-hydrogen) atoms. The van der Waals surface area contributed by atoms with Crippen LogP contribution in [0.3, 0.4) is 0 Å². The Labute approximate surface area is 85.6 Å². The van der Waals surface area contributed by atoms with Gasteiger partial charge in [-0.3, -0.25) is 4.79 Å². The predicted molar refractivity (Wildman–Crippen MR) is 55.9 cm³/mol. The van der Waals surface area contributed by atoms with Crippen LogP contribution in [0.5, 0.6) is 0 Å². The fourth-order valence-electron chi connectivity index (χ4n) is 2.35. The second-order valence-corrected chi connectivity index (χ2v) is 5.32. The van der Waals surface area contributed by atoms with Gasteiger partial charge in [0, 0.05) is 19.6 Å². The van der Waals surface area contributed by atoms with Crippen molar-refractivity contribution in [1.82, 2.24) is 10.6 Å². The number of rotatable bonds is 3. The summed E-state index contributed by atoms with van der Waals surface area (Å²) in [7, 11) is 0. The van der Waals surface area contributed by atoms with Crippen LogP contribution in [0.25, 0.3) is 0 Å². The largest absolute Gasteiger partial charge is 0.355 e. The Morgan fingerprint density at radius 1 is 1.50 bits per heavy atom. The third kappa shape index (κ3) is 1.78. The molecule has 0 aromatic heterocycles. The Morgan fingerprint density at radius 3 is 2.57 bits per heavy atom. The van der Waals surface area contributed by atoms with Crippen LogP contribution in [-0.4, -0.2) is 25.5 Å². The monoisotopic (exact) mass is 196 g/mol. The molecule has 2 rings (SSSR count). The molecule has 0 aromatic rings. The molecule has 0 atom stereocenters. The normalized spacial score (nSPS) is 34.1. The maximum atomic E-state index is 11.7. The molecule has 0 spiro atoms. The third-order valence-corrected chi connectivity index (χ3v) is 3.60. The number of carbonyl (C=O) groups excluding carboxylic acids is 1. The lowest BCUT2D eigenvalue weighted by atomic mass is 9.76. The molecule has 0 aromatic carbocycles. The van der Waals surface area contributed by atoms with Gasteiger partial charge in [0.15, 0.2) is 0 Å². The van der Waals surface area contributed by atoms with Gasteiger partial charge in [-0.25, -0.2) is 0 Å². The van der Waals surface area contributed by atoms with Crippen LogP contribution >= 0.6 is 0 Å². The highest BCUT2D eigenvalue weighted by atomic mass is 16.2. The van der Waals surface area contributed by atoms with E-state index in [0.29, 0.717) is 0 Å². The van der Waals surface area contributed by atoms with Crippen molar-refractivity contribution < 1.29 is 4.79 Å². The van der Waals surface area contributed by atoms with Crippen LogP contribution in [0.15, 0.2) is 0 Å². The molecule has 0 radical (unpaired) electrons. The van der Waals surface area contributed by atoms with E-state index in [0.717, 1.165) is 31.5 Å². The quantitative estimate of drug-likeness (QED) is 0.699. The van der Waals surface area contributed by atoms with E-state index in [-0.39, 0.29) is 11.3 Å². The molecule has 3 nitrogen and oxygen atoms in total. The molecule has 1 saturated carbocycles. The van der Waals surface area contributed by atoms with Gasteiger partial charge in [-0.05, 0) is 31.6 Å². The van der Waals surface area contributed by atoms with Crippen LogP contribution in [0, 0.1) is 17.3 Å². The minimum Gasteiger partial charge on any atom is -0.355 e. The maximum Gasteiger partial charge on any atom is 0.228 e. The number of nitrogens with one attached hydrogen (secondary N) is 2. The smallest absolute Gasteiger partial charge is 0.228 e. The molecule has 1 amide bonds. The SMILES string of the molecule is CC1CC(CNC(=O)C2(C)CNC2)C1. The van der Waals surface area contributed by atoms with E-state index in [1.807, 2.05) is 6.92 Å². The van der Waals surface area contributed by atoms with Crippen molar-refractivity contribution in [3.63, 3.8) is 0 Å². The highest BCUT2D eigenvalue weighted by Gasteiger charge is 2.39. The molecule has 1 aliphatic heterocycles. The fourth-order valence-corrected chi connectivity index (χ4v) is 2.35. The molecule has 0 bridgehead atoms. The Balaban J connectivity index is 1.68. The van der Waals surface area contributed by atoms with Crippen molar-refractivity contribution in [3.8, 4) is 0 Å². The van der Waals surface area contributed by atoms with Crippen LogP contribution in [0.2, 0.25) is 0 Å². The topological polar surface area (TPSA) is 41.1 Å². The summed E-state index contributed by atoms with van der Waals surface area (Å²) in [5, 5.41) is 6.21. The van der Waals surface area contributed by atoms with Crippen molar-refractivity contribution in [2.45, 2.75) is 26.7 Å². The Hall–Kier alpha value is -0.570. The minimum atomic E-state index is -0.130. The van der Waals surface area contributed by atoms with Crippen LogP contribution < -0.4 is 10.6 Å². The van der Waals surface area contributed by atoms with E-state index >= 15 is 0 Å². The average molecular weight is 196 g/mol. The van der Waals surface area contributed by atoms with Gasteiger partial charge < -0.3 is 10.6 Å². The zero-order valence-electron chi connectivity index (χ0n) is 9.10. The van der Waals surface area contributed by atoms with Gasteiger partial charge >= 0.3 is 0 Å². The lowest BCUT2D eigenvalue weighted by Gasteiger charge is -2.39. The first kappa shape index (κ1) is 9.97. The zero-order chi connectivity index (χ0) is 10.2. The summed E-state index contributed by atoms with van der Waals surface area (Å²) in [6, 6.07) is 0. The first-order valence-corrected chi connectivity index (χ1v) is 5.59. The molecule has 1 heterocycles. The summed E-state index contributed by atoms with van der Waals surface area (Å²) in [5.74, 6) is 1.85. The summed E-state index contributed by atoms with van der Waals surface area (Å²) >= 11 is 0. The van der Waals surface area contributed by atoms with Crippen molar-refractivity contribution in [2.24, 2.45) is 17.3 Å². The van der Waals surface area contributed by atoms with Gasteiger partial charge in [0.25, 0.3) is 0 Å².